The van der Waals surface area contributed by atoms with Gasteiger partial charge in [-0.15, -0.1) is 49.6 Å². The van der Waals surface area contributed by atoms with Gasteiger partial charge in [-0.1, -0.05) is 24.3 Å². The van der Waals surface area contributed by atoms with Crippen LogP contribution < -0.4 is 22.1 Å². The summed E-state index contributed by atoms with van der Waals surface area (Å²) in [5.41, 5.74) is 17.6. The summed E-state index contributed by atoms with van der Waals surface area (Å²) in [6.45, 7) is 7.38. The third-order valence-corrected chi connectivity index (χ3v) is 5.90. The first-order valence-electron chi connectivity index (χ1n) is 11.6. The Morgan fingerprint density at radius 1 is 0.583 bits per heavy atom. The maximum absolute atomic E-state index is 5.64. The number of nitrogens with one attached hydrogen (secondary N) is 2. The van der Waals surface area contributed by atoms with Crippen molar-refractivity contribution in [3.8, 4) is 0 Å². The van der Waals surface area contributed by atoms with E-state index in [1.54, 1.807) is 0 Å². The zero-order chi connectivity index (χ0) is 22.5. The Morgan fingerprint density at radius 3 is 1.31 bits per heavy atom. The fourth-order valence-corrected chi connectivity index (χ4v) is 4.32. The van der Waals surface area contributed by atoms with E-state index in [0.717, 1.165) is 107 Å². The number of hydrogen-bond acceptors (Lipinski definition) is 6. The minimum absolute atomic E-state index is 0. The van der Waals surface area contributed by atoms with Crippen molar-refractivity contribution in [3.63, 3.8) is 0 Å². The highest BCUT2D eigenvalue weighted by Gasteiger charge is 2.13. The lowest BCUT2D eigenvalue weighted by molar-refractivity contribution is 0.774. The highest BCUT2D eigenvalue weighted by atomic mass is 35.5. The number of rotatable bonds is 10. The number of hydrogen-bond donors (Lipinski definition) is 4. The van der Waals surface area contributed by atoms with Crippen LogP contribution >= 0.6 is 49.6 Å². The van der Waals surface area contributed by atoms with Crippen LogP contribution in [0, 0.1) is 13.8 Å². The molecule has 2 aromatic heterocycles. The van der Waals surface area contributed by atoms with Crippen LogP contribution in [-0.2, 0) is 0 Å². The van der Waals surface area contributed by atoms with E-state index < -0.39 is 0 Å². The molecule has 2 heterocycles. The second-order valence-electron chi connectivity index (χ2n) is 8.49. The van der Waals surface area contributed by atoms with E-state index in [1.165, 1.54) is 0 Å². The van der Waals surface area contributed by atoms with Crippen molar-refractivity contribution in [3.05, 3.63) is 47.8 Å². The number of fused-ring (bicyclic) bond motifs is 5. The van der Waals surface area contributed by atoms with E-state index in [-0.39, 0.29) is 49.6 Å². The summed E-state index contributed by atoms with van der Waals surface area (Å²) in [4.78, 5) is 9.83. The van der Waals surface area contributed by atoms with Gasteiger partial charge in [-0.2, -0.15) is 0 Å². The monoisotopic (exact) mass is 574 g/mol. The summed E-state index contributed by atoms with van der Waals surface area (Å²) in [6.07, 6.45) is 4.17. The Labute approximate surface area is 238 Å². The fourth-order valence-electron chi connectivity index (χ4n) is 4.32. The van der Waals surface area contributed by atoms with Crippen LogP contribution in [0.1, 0.15) is 37.1 Å². The normalized spacial score (nSPS) is 10.2. The molecule has 0 radical (unpaired) electrons. The third-order valence-electron chi connectivity index (χ3n) is 5.90. The maximum Gasteiger partial charge on any atom is 0.0805 e. The van der Waals surface area contributed by atoms with Crippen molar-refractivity contribution >= 4 is 93.6 Å². The van der Waals surface area contributed by atoms with Crippen molar-refractivity contribution in [2.24, 2.45) is 11.5 Å². The molecular weight excluding hydrogens is 538 g/mol. The van der Waals surface area contributed by atoms with Crippen LogP contribution in [-0.4, -0.2) is 36.1 Å². The molecule has 0 amide bonds. The van der Waals surface area contributed by atoms with Gasteiger partial charge in [0.2, 0.25) is 0 Å². The molecule has 0 aliphatic rings. The van der Waals surface area contributed by atoms with Gasteiger partial charge in [0.15, 0.2) is 0 Å². The zero-order valence-corrected chi connectivity index (χ0v) is 24.1. The summed E-state index contributed by atoms with van der Waals surface area (Å²) in [5.74, 6) is 0. The van der Waals surface area contributed by atoms with Crippen LogP contribution in [0.4, 0.5) is 11.4 Å². The van der Waals surface area contributed by atoms with Crippen LogP contribution in [0.25, 0.3) is 32.6 Å². The number of pyridine rings is 2. The SMILES string of the molecule is Cc1cc(NCCCCN)c2ccc3c(ccc4c(NCCCCN)cc(C)nc43)c2n1.Cl.Cl.Cl.Cl. The number of aryl methyl sites for hydroxylation is 2. The second kappa shape index (κ2) is 16.1. The Morgan fingerprint density at radius 2 is 0.944 bits per heavy atom. The van der Waals surface area contributed by atoms with Crippen LogP contribution in [0.15, 0.2) is 36.4 Å². The highest BCUT2D eigenvalue weighted by Crippen LogP contribution is 2.35. The molecular formula is C26H38Cl4N6. The summed E-state index contributed by atoms with van der Waals surface area (Å²) in [5, 5.41) is 11.7. The molecule has 4 aromatic rings. The first-order valence-corrected chi connectivity index (χ1v) is 11.6. The second-order valence-corrected chi connectivity index (χ2v) is 8.49. The van der Waals surface area contributed by atoms with Crippen LogP contribution in [0.3, 0.4) is 0 Å². The van der Waals surface area contributed by atoms with Crippen molar-refractivity contribution in [1.29, 1.82) is 0 Å². The number of anilines is 2. The Balaban J connectivity index is 0.00000306. The number of benzene rings is 2. The highest BCUT2D eigenvalue weighted by molar-refractivity contribution is 6.18. The molecule has 0 aliphatic heterocycles. The standard InChI is InChI=1S/C26H34N6.4ClH/c1-17-15-23(29-13-5-3-11-27)21-9-8-20-19(25(21)31-17)7-10-22-24(30-14-6-4-12-28)16-18(2)32-26(20)22;;;;/h7-10,15-16H,3-6,11-14,27-28H2,1-2H3,(H,29,31)(H,30,32);4*1H. The molecule has 2 aromatic carbocycles. The third kappa shape index (κ3) is 7.60. The average Bonchev–Trinajstić information content (AvgIpc) is 2.78. The van der Waals surface area contributed by atoms with Crippen molar-refractivity contribution in [1.82, 2.24) is 9.97 Å². The lowest BCUT2D eigenvalue weighted by atomic mass is 10.0. The van der Waals surface area contributed by atoms with Gasteiger partial charge >= 0.3 is 0 Å². The van der Waals surface area contributed by atoms with Gasteiger partial charge in [-0.3, -0.25) is 9.97 Å². The molecule has 0 saturated heterocycles. The molecule has 6 N–H and O–H groups in total. The van der Waals surface area contributed by atoms with Crippen LogP contribution in [0.2, 0.25) is 0 Å². The predicted molar refractivity (Wildman–Crippen MR) is 167 cm³/mol. The quantitative estimate of drug-likeness (QED) is 0.126. The smallest absolute Gasteiger partial charge is 0.0805 e. The Bertz CT molecular complexity index is 1150. The van der Waals surface area contributed by atoms with Gasteiger partial charge < -0.3 is 22.1 Å². The van der Waals surface area contributed by atoms with Crippen molar-refractivity contribution in [2.75, 3.05) is 36.8 Å². The molecule has 10 heteroatoms. The maximum atomic E-state index is 5.64. The van der Waals surface area contributed by atoms with E-state index in [4.69, 9.17) is 21.4 Å². The van der Waals surface area contributed by atoms with E-state index in [1.807, 2.05) is 0 Å². The topological polar surface area (TPSA) is 102 Å². The van der Waals surface area contributed by atoms with Crippen molar-refractivity contribution in [2.45, 2.75) is 39.5 Å². The molecule has 0 saturated carbocycles. The summed E-state index contributed by atoms with van der Waals surface area (Å²) in [6, 6.07) is 13.0. The number of unbranched alkanes of at least 4 members (excludes halogenated alkanes) is 2. The van der Waals surface area contributed by atoms with Gasteiger partial charge in [0, 0.05) is 57.4 Å². The van der Waals surface area contributed by atoms with E-state index >= 15 is 0 Å². The largest absolute Gasteiger partial charge is 0.384 e. The molecule has 0 spiro atoms. The van der Waals surface area contributed by atoms with E-state index in [0.29, 0.717) is 0 Å². The Hall–Kier alpha value is -1.80. The predicted octanol–water partition coefficient (Wildman–Crippen LogP) is 6.54. The summed E-state index contributed by atoms with van der Waals surface area (Å²) in [7, 11) is 0. The van der Waals surface area contributed by atoms with Crippen molar-refractivity contribution < 1.29 is 0 Å². The van der Waals surface area contributed by atoms with Gasteiger partial charge in [-0.25, -0.2) is 0 Å². The Kier molecular flexibility index (Phi) is 15.3. The molecule has 0 atom stereocenters. The lowest BCUT2D eigenvalue weighted by Gasteiger charge is -2.15. The number of nitrogens with two attached hydrogens (primary N) is 2. The minimum Gasteiger partial charge on any atom is -0.384 e. The number of aromatic nitrogens is 2. The van der Waals surface area contributed by atoms with Gasteiger partial charge in [0.1, 0.15) is 0 Å². The molecule has 0 aliphatic carbocycles. The molecule has 200 valence electrons. The average molecular weight is 576 g/mol. The number of nitrogens with zero attached hydrogens (tertiary/aromatic N) is 2. The molecule has 0 bridgehead atoms. The van der Waals surface area contributed by atoms with E-state index in [9.17, 15) is 0 Å². The van der Waals surface area contributed by atoms with Gasteiger partial charge in [0.05, 0.1) is 11.0 Å². The molecule has 6 nitrogen and oxygen atoms in total. The molecule has 4 rings (SSSR count). The fraction of sp³-hybridized carbons (Fsp3) is 0.385. The minimum atomic E-state index is 0. The summed E-state index contributed by atoms with van der Waals surface area (Å²) >= 11 is 0. The summed E-state index contributed by atoms with van der Waals surface area (Å²) < 4.78 is 0. The van der Waals surface area contributed by atoms with Gasteiger partial charge in [0.25, 0.3) is 0 Å². The number of halogens is 4. The first-order chi connectivity index (χ1) is 15.6. The van der Waals surface area contributed by atoms with Crippen LogP contribution in [0.5, 0.6) is 0 Å². The lowest BCUT2D eigenvalue weighted by Crippen LogP contribution is -2.07. The zero-order valence-electron chi connectivity index (χ0n) is 20.8. The van der Waals surface area contributed by atoms with E-state index in [2.05, 4.69) is 60.9 Å². The molecule has 0 unspecified atom stereocenters. The van der Waals surface area contributed by atoms with Gasteiger partial charge in [-0.05, 0) is 64.8 Å². The first kappa shape index (κ1) is 34.2. The molecule has 36 heavy (non-hydrogen) atoms. The molecule has 0 fully saturated rings.